The SMILES string of the molecule is COc1cccc(OC(F)(F)CBr)c1. The van der Waals surface area contributed by atoms with Gasteiger partial charge in [-0.3, -0.25) is 0 Å². The summed E-state index contributed by atoms with van der Waals surface area (Å²) in [5.74, 6) is 0.557. The first-order valence-corrected chi connectivity index (χ1v) is 4.96. The number of hydrogen-bond acceptors (Lipinski definition) is 2. The van der Waals surface area contributed by atoms with E-state index in [1.54, 1.807) is 12.1 Å². The summed E-state index contributed by atoms with van der Waals surface area (Å²) in [7, 11) is 1.46. The topological polar surface area (TPSA) is 18.5 Å². The first-order chi connectivity index (χ1) is 6.57. The Bertz CT molecular complexity index is 305. The monoisotopic (exact) mass is 266 g/mol. The highest BCUT2D eigenvalue weighted by Gasteiger charge is 2.29. The zero-order valence-corrected chi connectivity index (χ0v) is 9.05. The first kappa shape index (κ1) is 11.2. The third kappa shape index (κ3) is 3.14. The van der Waals surface area contributed by atoms with Gasteiger partial charge in [0, 0.05) is 6.07 Å². The van der Waals surface area contributed by atoms with Crippen molar-refractivity contribution in [3.63, 3.8) is 0 Å². The average Bonchev–Trinajstić information content (AvgIpc) is 2.17. The highest BCUT2D eigenvalue weighted by atomic mass is 79.9. The maximum Gasteiger partial charge on any atom is 0.407 e. The number of benzene rings is 1. The minimum absolute atomic E-state index is 0.0776. The Kier molecular flexibility index (Phi) is 3.69. The van der Waals surface area contributed by atoms with E-state index in [-0.39, 0.29) is 5.75 Å². The van der Waals surface area contributed by atoms with Crippen LogP contribution in [0.2, 0.25) is 0 Å². The molecular weight excluding hydrogens is 258 g/mol. The molecular formula is C9H9BrF2O2. The Morgan fingerprint density at radius 3 is 2.57 bits per heavy atom. The van der Waals surface area contributed by atoms with Crippen LogP contribution in [-0.4, -0.2) is 18.5 Å². The van der Waals surface area contributed by atoms with Crippen molar-refractivity contribution >= 4 is 15.9 Å². The summed E-state index contributed by atoms with van der Waals surface area (Å²) in [5, 5.41) is -0.544. The molecule has 1 aromatic rings. The summed E-state index contributed by atoms with van der Waals surface area (Å²) in [6.07, 6.45) is -3.20. The lowest BCUT2D eigenvalue weighted by atomic mass is 10.3. The maximum atomic E-state index is 12.8. The van der Waals surface area contributed by atoms with E-state index in [1.807, 2.05) is 0 Å². The van der Waals surface area contributed by atoms with E-state index < -0.39 is 11.4 Å². The fraction of sp³-hybridized carbons (Fsp3) is 0.333. The number of ether oxygens (including phenoxy) is 2. The molecule has 2 nitrogen and oxygen atoms in total. The Morgan fingerprint density at radius 1 is 1.36 bits per heavy atom. The average molecular weight is 267 g/mol. The fourth-order valence-corrected chi connectivity index (χ4v) is 0.979. The van der Waals surface area contributed by atoms with Crippen molar-refractivity contribution in [2.75, 3.05) is 12.4 Å². The van der Waals surface area contributed by atoms with Crippen LogP contribution in [0.1, 0.15) is 0 Å². The minimum atomic E-state index is -3.20. The number of alkyl halides is 3. The molecule has 0 aliphatic carbocycles. The van der Waals surface area contributed by atoms with Crippen LogP contribution in [-0.2, 0) is 0 Å². The lowest BCUT2D eigenvalue weighted by Crippen LogP contribution is -2.26. The van der Waals surface area contributed by atoms with Gasteiger partial charge in [-0.1, -0.05) is 22.0 Å². The van der Waals surface area contributed by atoms with E-state index in [0.717, 1.165) is 0 Å². The lowest BCUT2D eigenvalue weighted by Gasteiger charge is -2.15. The summed E-state index contributed by atoms with van der Waals surface area (Å²) in [5.41, 5.74) is 0. The van der Waals surface area contributed by atoms with E-state index >= 15 is 0 Å². The fourth-order valence-electron chi connectivity index (χ4n) is 0.864. The molecule has 5 heteroatoms. The second kappa shape index (κ2) is 4.59. The number of rotatable bonds is 4. The highest BCUT2D eigenvalue weighted by Crippen LogP contribution is 2.26. The molecule has 0 aromatic heterocycles. The van der Waals surface area contributed by atoms with Gasteiger partial charge >= 0.3 is 6.11 Å². The van der Waals surface area contributed by atoms with E-state index in [1.165, 1.54) is 19.2 Å². The molecule has 0 saturated carbocycles. The standard InChI is InChI=1S/C9H9BrF2O2/c1-13-7-3-2-4-8(5-7)14-9(11,12)6-10/h2-5H,6H2,1H3. The smallest absolute Gasteiger partial charge is 0.407 e. The van der Waals surface area contributed by atoms with Crippen LogP contribution < -0.4 is 9.47 Å². The van der Waals surface area contributed by atoms with Gasteiger partial charge in [0.15, 0.2) is 0 Å². The Balaban J connectivity index is 2.76. The van der Waals surface area contributed by atoms with E-state index in [2.05, 4.69) is 20.7 Å². The van der Waals surface area contributed by atoms with Gasteiger partial charge in [-0.25, -0.2) is 0 Å². The van der Waals surface area contributed by atoms with E-state index in [0.29, 0.717) is 5.75 Å². The van der Waals surface area contributed by atoms with Crippen LogP contribution in [0.4, 0.5) is 8.78 Å². The quantitative estimate of drug-likeness (QED) is 0.780. The van der Waals surface area contributed by atoms with Crippen molar-refractivity contribution in [3.8, 4) is 11.5 Å². The van der Waals surface area contributed by atoms with Crippen LogP contribution in [0.15, 0.2) is 24.3 Å². The molecule has 1 rings (SSSR count). The largest absolute Gasteiger partial charge is 0.497 e. The molecule has 0 heterocycles. The molecule has 14 heavy (non-hydrogen) atoms. The molecule has 0 aliphatic rings. The van der Waals surface area contributed by atoms with Crippen LogP contribution in [0.3, 0.4) is 0 Å². The Morgan fingerprint density at radius 2 is 2.00 bits per heavy atom. The van der Waals surface area contributed by atoms with Gasteiger partial charge in [0.25, 0.3) is 0 Å². The lowest BCUT2D eigenvalue weighted by molar-refractivity contribution is -0.153. The molecule has 78 valence electrons. The summed E-state index contributed by atoms with van der Waals surface area (Å²) in [6.45, 7) is 0. The first-order valence-electron chi connectivity index (χ1n) is 3.84. The van der Waals surface area contributed by atoms with Gasteiger partial charge < -0.3 is 9.47 Å². The number of hydrogen-bond donors (Lipinski definition) is 0. The van der Waals surface area contributed by atoms with Crippen LogP contribution in [0, 0.1) is 0 Å². The van der Waals surface area contributed by atoms with Crippen LogP contribution in [0.5, 0.6) is 11.5 Å². The van der Waals surface area contributed by atoms with Crippen molar-refractivity contribution in [2.24, 2.45) is 0 Å². The van der Waals surface area contributed by atoms with Gasteiger partial charge in [0.1, 0.15) is 16.8 Å². The number of methoxy groups -OCH3 is 1. The van der Waals surface area contributed by atoms with Crippen LogP contribution in [0.25, 0.3) is 0 Å². The summed E-state index contributed by atoms with van der Waals surface area (Å²) >= 11 is 2.66. The Hall–Kier alpha value is -0.840. The summed E-state index contributed by atoms with van der Waals surface area (Å²) in [6, 6.07) is 6.08. The van der Waals surface area contributed by atoms with Gasteiger partial charge in [0.05, 0.1) is 7.11 Å². The maximum absolute atomic E-state index is 12.8. The second-order valence-electron chi connectivity index (χ2n) is 2.55. The van der Waals surface area contributed by atoms with Crippen molar-refractivity contribution in [3.05, 3.63) is 24.3 Å². The molecule has 0 atom stereocenters. The molecule has 0 N–H and O–H groups in total. The van der Waals surface area contributed by atoms with Crippen LogP contribution >= 0.6 is 15.9 Å². The summed E-state index contributed by atoms with van der Waals surface area (Å²) in [4.78, 5) is 0. The van der Waals surface area contributed by atoms with Gasteiger partial charge in [-0.2, -0.15) is 8.78 Å². The number of halogens is 3. The van der Waals surface area contributed by atoms with Crippen molar-refractivity contribution < 1.29 is 18.3 Å². The predicted octanol–water partition coefficient (Wildman–Crippen LogP) is 3.06. The van der Waals surface area contributed by atoms with E-state index in [4.69, 9.17) is 4.74 Å². The minimum Gasteiger partial charge on any atom is -0.497 e. The van der Waals surface area contributed by atoms with Gasteiger partial charge in [-0.15, -0.1) is 0 Å². The predicted molar refractivity (Wildman–Crippen MR) is 52.4 cm³/mol. The van der Waals surface area contributed by atoms with Gasteiger partial charge in [-0.05, 0) is 12.1 Å². The molecule has 0 bridgehead atoms. The van der Waals surface area contributed by atoms with E-state index in [9.17, 15) is 8.78 Å². The zero-order valence-electron chi connectivity index (χ0n) is 7.47. The molecule has 0 saturated heterocycles. The molecule has 0 unspecified atom stereocenters. The second-order valence-corrected chi connectivity index (χ2v) is 3.11. The molecule has 0 spiro atoms. The normalized spacial score (nSPS) is 11.1. The van der Waals surface area contributed by atoms with Crippen molar-refractivity contribution in [2.45, 2.75) is 6.11 Å². The molecule has 0 aliphatic heterocycles. The molecule has 0 radical (unpaired) electrons. The van der Waals surface area contributed by atoms with Gasteiger partial charge in [0.2, 0.25) is 0 Å². The molecule has 0 fully saturated rings. The van der Waals surface area contributed by atoms with Crippen molar-refractivity contribution in [1.82, 2.24) is 0 Å². The Labute approximate surface area is 89.0 Å². The molecule has 0 amide bonds. The third-order valence-electron chi connectivity index (χ3n) is 1.46. The third-order valence-corrected chi connectivity index (χ3v) is 2.12. The molecule has 1 aromatic carbocycles. The zero-order chi connectivity index (χ0) is 10.6. The van der Waals surface area contributed by atoms with Crippen molar-refractivity contribution in [1.29, 1.82) is 0 Å². The highest BCUT2D eigenvalue weighted by molar-refractivity contribution is 9.09. The summed E-state index contributed by atoms with van der Waals surface area (Å²) < 4.78 is 34.8.